The zero-order valence-electron chi connectivity index (χ0n) is 20.4. The monoisotopic (exact) mass is 452 g/mol. The number of halogens is 2. The van der Waals surface area contributed by atoms with Crippen molar-refractivity contribution >= 4 is 16.9 Å². The molecule has 2 bridgehead atoms. The van der Waals surface area contributed by atoms with Crippen LogP contribution in [0.4, 0.5) is 8.78 Å². The molecule has 0 spiro atoms. The summed E-state index contributed by atoms with van der Waals surface area (Å²) in [5, 5.41) is 0. The van der Waals surface area contributed by atoms with Crippen LogP contribution < -0.4 is 4.74 Å². The summed E-state index contributed by atoms with van der Waals surface area (Å²) in [5.74, 6) is 6.05. The number of carbonyl (C=O) groups is 1. The van der Waals surface area contributed by atoms with Gasteiger partial charge in [-0.15, -0.1) is 0 Å². The van der Waals surface area contributed by atoms with Crippen LogP contribution in [-0.2, 0) is 4.74 Å². The van der Waals surface area contributed by atoms with Crippen molar-refractivity contribution in [2.45, 2.75) is 31.5 Å². The van der Waals surface area contributed by atoms with Crippen molar-refractivity contribution in [3.8, 4) is 17.6 Å². The topological polar surface area (TPSA) is 56.6 Å². The van der Waals surface area contributed by atoms with E-state index in [-0.39, 0.29) is 29.2 Å². The quantitative estimate of drug-likeness (QED) is 0.549. The maximum Gasteiger partial charge on any atom is 0.387 e. The summed E-state index contributed by atoms with van der Waals surface area (Å²) < 4.78 is 62.9. The van der Waals surface area contributed by atoms with Crippen LogP contribution in [0.3, 0.4) is 0 Å². The Bertz CT molecular complexity index is 1440. The molecule has 3 aliphatic rings. The van der Waals surface area contributed by atoms with Gasteiger partial charge in [-0.3, -0.25) is 4.79 Å². The van der Waals surface area contributed by atoms with Gasteiger partial charge in [0.25, 0.3) is 5.91 Å². The Morgan fingerprint density at radius 3 is 3.00 bits per heavy atom. The number of alkyl halides is 2. The van der Waals surface area contributed by atoms with Crippen molar-refractivity contribution in [2.24, 2.45) is 5.92 Å². The molecule has 3 aliphatic heterocycles. The lowest BCUT2D eigenvalue weighted by Crippen LogP contribution is -2.30. The zero-order valence-corrected chi connectivity index (χ0v) is 17.4. The smallest absolute Gasteiger partial charge is 0.387 e. The molecule has 3 aromatic rings. The predicted molar refractivity (Wildman–Crippen MR) is 116 cm³/mol. The van der Waals surface area contributed by atoms with E-state index >= 15 is 0 Å². The highest BCUT2D eigenvalue weighted by Crippen LogP contribution is 2.49. The highest BCUT2D eigenvalue weighted by Gasteiger charge is 2.45. The van der Waals surface area contributed by atoms with Gasteiger partial charge in [0, 0.05) is 46.7 Å². The van der Waals surface area contributed by atoms with Crippen LogP contribution in [-0.4, -0.2) is 47.2 Å². The van der Waals surface area contributed by atoms with Gasteiger partial charge in [-0.1, -0.05) is 17.9 Å². The lowest BCUT2D eigenvalue weighted by atomic mass is 9.97. The standard InChI is InChI=1S/C25H21F2N3O3/c1-29-20-12-19(22-16(24(29)31)3-2-4-21(22)33-25(26)27)30-18-11-14(5-6-15-9-10-32-13-15)7-8-17(18)28-23(20)30/h2-4,7-8,11,15,19-20,25H,9-10,12-13H2,1H3/t15?,19-,20-/m1/s1/i1D3. The molecule has 0 aliphatic carbocycles. The number of hydrogen-bond acceptors (Lipinski definition) is 4. The Labute approximate surface area is 193 Å². The van der Waals surface area contributed by atoms with E-state index in [1.165, 1.54) is 18.2 Å². The van der Waals surface area contributed by atoms with Crippen molar-refractivity contribution in [1.82, 2.24) is 14.5 Å². The molecule has 6 rings (SSSR count). The van der Waals surface area contributed by atoms with E-state index < -0.39 is 31.6 Å². The first-order valence-corrected chi connectivity index (χ1v) is 10.7. The first kappa shape index (κ1) is 17.1. The molecule has 0 saturated carbocycles. The van der Waals surface area contributed by atoms with Gasteiger partial charge >= 0.3 is 6.61 Å². The van der Waals surface area contributed by atoms with E-state index in [1.807, 2.05) is 16.7 Å². The Kier molecular flexibility index (Phi) is 3.92. The van der Waals surface area contributed by atoms with Crippen LogP contribution in [0.2, 0.25) is 0 Å². The maximum atomic E-state index is 13.5. The van der Waals surface area contributed by atoms with Gasteiger partial charge in [0.05, 0.1) is 29.7 Å². The largest absolute Gasteiger partial charge is 0.434 e. The van der Waals surface area contributed by atoms with E-state index in [0.29, 0.717) is 30.1 Å². The van der Waals surface area contributed by atoms with Crippen molar-refractivity contribution in [3.05, 3.63) is 58.9 Å². The van der Waals surface area contributed by atoms with Crippen LogP contribution in [0.25, 0.3) is 11.0 Å². The molecule has 3 atom stereocenters. The van der Waals surface area contributed by atoms with Crippen molar-refractivity contribution in [1.29, 1.82) is 0 Å². The van der Waals surface area contributed by atoms with Gasteiger partial charge in [-0.05, 0) is 36.8 Å². The predicted octanol–water partition coefficient (Wildman–Crippen LogP) is 4.15. The lowest BCUT2D eigenvalue weighted by Gasteiger charge is -2.24. The molecule has 1 saturated heterocycles. The minimum absolute atomic E-state index is 0.0291. The third kappa shape index (κ3) is 3.18. The molecule has 33 heavy (non-hydrogen) atoms. The number of hydrogen-bond donors (Lipinski definition) is 0. The summed E-state index contributed by atoms with van der Waals surface area (Å²) in [7, 11) is 0. The summed E-state index contributed by atoms with van der Waals surface area (Å²) in [6.07, 6.45) is 1.05. The first-order chi connectivity index (χ1) is 17.2. The SMILES string of the molecule is [2H]C([2H])([2H])N1C(=O)c2cccc(OC(F)F)c2[C@H]2C[C@@H]1c1nc3ccc(C#CC4CCOC4)cc3n12. The Balaban J connectivity index is 1.56. The maximum absolute atomic E-state index is 13.5. The van der Waals surface area contributed by atoms with Crippen LogP contribution in [0, 0.1) is 17.8 Å². The van der Waals surface area contributed by atoms with Crippen LogP contribution >= 0.6 is 0 Å². The summed E-state index contributed by atoms with van der Waals surface area (Å²) in [5.41, 5.74) is 2.30. The van der Waals surface area contributed by atoms with E-state index in [2.05, 4.69) is 16.8 Å². The van der Waals surface area contributed by atoms with Gasteiger partial charge in [0.1, 0.15) is 11.6 Å². The van der Waals surface area contributed by atoms with E-state index in [4.69, 9.17) is 13.6 Å². The second-order valence-electron chi connectivity index (χ2n) is 8.41. The Hall–Kier alpha value is -3.44. The van der Waals surface area contributed by atoms with Gasteiger partial charge in [0.15, 0.2) is 0 Å². The van der Waals surface area contributed by atoms with Gasteiger partial charge in [0.2, 0.25) is 0 Å². The second kappa shape index (κ2) is 7.56. The molecule has 8 heteroatoms. The molecule has 1 unspecified atom stereocenters. The second-order valence-corrected chi connectivity index (χ2v) is 8.41. The number of ether oxygens (including phenoxy) is 2. The molecular weight excluding hydrogens is 428 g/mol. The fraction of sp³-hybridized carbons (Fsp3) is 0.360. The normalized spacial score (nSPS) is 25.1. The molecule has 0 N–H and O–H groups in total. The van der Waals surface area contributed by atoms with Gasteiger partial charge < -0.3 is 18.9 Å². The minimum atomic E-state index is -3.11. The van der Waals surface area contributed by atoms with E-state index in [9.17, 15) is 13.6 Å². The van der Waals surface area contributed by atoms with Crippen molar-refractivity contribution in [3.63, 3.8) is 0 Å². The number of aromatic nitrogens is 2. The number of fused-ring (bicyclic) bond motifs is 9. The van der Waals surface area contributed by atoms with Crippen molar-refractivity contribution < 1.29 is 27.2 Å². The molecule has 2 aromatic carbocycles. The van der Waals surface area contributed by atoms with Crippen LogP contribution in [0.5, 0.6) is 5.75 Å². The first-order valence-electron chi connectivity index (χ1n) is 12.2. The molecular formula is C25H21F2N3O3. The Morgan fingerprint density at radius 2 is 2.21 bits per heavy atom. The molecule has 1 fully saturated rings. The number of benzene rings is 2. The summed E-state index contributed by atoms with van der Waals surface area (Å²) in [4.78, 5) is 19.0. The number of amides is 1. The molecule has 168 valence electrons. The van der Waals surface area contributed by atoms with Gasteiger partial charge in [-0.2, -0.15) is 8.78 Å². The number of rotatable bonds is 2. The van der Waals surface area contributed by atoms with Crippen molar-refractivity contribution in [2.75, 3.05) is 20.2 Å². The lowest BCUT2D eigenvalue weighted by molar-refractivity contribution is -0.0507. The number of carbonyl (C=O) groups excluding carboxylic acids is 1. The molecule has 0 radical (unpaired) electrons. The molecule has 1 amide bonds. The fourth-order valence-corrected chi connectivity index (χ4v) is 5.02. The van der Waals surface area contributed by atoms with Crippen LogP contribution in [0.1, 0.15) is 56.3 Å². The average Bonchev–Trinajstić information content (AvgIpc) is 3.51. The molecule has 1 aromatic heterocycles. The third-order valence-corrected chi connectivity index (χ3v) is 6.50. The molecule has 4 heterocycles. The number of nitrogens with zero attached hydrogens (tertiary/aromatic N) is 3. The highest BCUT2D eigenvalue weighted by molar-refractivity contribution is 5.97. The fourth-order valence-electron chi connectivity index (χ4n) is 5.02. The highest BCUT2D eigenvalue weighted by atomic mass is 19.3. The summed E-state index contributed by atoms with van der Waals surface area (Å²) in [6.45, 7) is -4.57. The van der Waals surface area contributed by atoms with E-state index in [1.54, 1.807) is 6.07 Å². The van der Waals surface area contributed by atoms with Gasteiger partial charge in [-0.25, -0.2) is 4.98 Å². The zero-order chi connectivity index (χ0) is 25.2. The summed E-state index contributed by atoms with van der Waals surface area (Å²) in [6, 6.07) is 8.25. The Morgan fingerprint density at radius 1 is 1.30 bits per heavy atom. The molecule has 6 nitrogen and oxygen atoms in total. The summed E-state index contributed by atoms with van der Waals surface area (Å²) >= 11 is 0. The minimum Gasteiger partial charge on any atom is -0.434 e. The average molecular weight is 452 g/mol. The third-order valence-electron chi connectivity index (χ3n) is 6.50. The van der Waals surface area contributed by atoms with E-state index in [0.717, 1.165) is 16.9 Å². The number of imidazole rings is 1. The van der Waals surface area contributed by atoms with Crippen LogP contribution in [0.15, 0.2) is 36.4 Å².